The molecule has 3 nitrogen and oxygen atoms in total. The van der Waals surface area contributed by atoms with Gasteiger partial charge in [0.25, 0.3) is 0 Å². The maximum Gasteiger partial charge on any atom is 0.221 e. The van der Waals surface area contributed by atoms with Crippen molar-refractivity contribution in [1.82, 2.24) is 10.6 Å². The van der Waals surface area contributed by atoms with E-state index < -0.39 is 0 Å². The van der Waals surface area contributed by atoms with Gasteiger partial charge in [0, 0.05) is 19.0 Å². The molecule has 1 amide bonds. The molecule has 2 aliphatic rings. The largest absolute Gasteiger partial charge is 0.354 e. The smallest absolute Gasteiger partial charge is 0.221 e. The number of rotatable bonds is 3. The first kappa shape index (κ1) is 9.34. The van der Waals surface area contributed by atoms with Crippen LogP contribution in [0.3, 0.4) is 0 Å². The van der Waals surface area contributed by atoms with Crippen LogP contribution in [0, 0.1) is 5.92 Å². The highest BCUT2D eigenvalue weighted by Crippen LogP contribution is 2.22. The van der Waals surface area contributed by atoms with Crippen LogP contribution in [0.1, 0.15) is 12.8 Å². The lowest BCUT2D eigenvalue weighted by molar-refractivity contribution is -0.119. The predicted octanol–water partition coefficient (Wildman–Crippen LogP) is 0.218. The lowest BCUT2D eigenvalue weighted by Gasteiger charge is -2.13. The summed E-state index contributed by atoms with van der Waals surface area (Å²) in [7, 11) is 0. The highest BCUT2D eigenvalue weighted by atomic mass is 32.2. The molecule has 0 aromatic heterocycles. The number of nitrogens with one attached hydrogen (secondary N) is 2. The van der Waals surface area contributed by atoms with Gasteiger partial charge in [-0.2, -0.15) is 11.8 Å². The summed E-state index contributed by atoms with van der Waals surface area (Å²) >= 11 is 2.04. The number of carbonyl (C=O) groups is 1. The van der Waals surface area contributed by atoms with E-state index in [4.69, 9.17) is 0 Å². The Bertz CT molecular complexity index is 192. The third-order valence-corrected chi connectivity index (χ3v) is 3.93. The van der Waals surface area contributed by atoms with Gasteiger partial charge in [0.1, 0.15) is 0 Å². The van der Waals surface area contributed by atoms with Crippen LogP contribution >= 0.6 is 11.8 Å². The number of hydrogen-bond donors (Lipinski definition) is 2. The van der Waals surface area contributed by atoms with E-state index in [0.29, 0.717) is 12.5 Å². The Balaban J connectivity index is 1.64. The topological polar surface area (TPSA) is 41.1 Å². The summed E-state index contributed by atoms with van der Waals surface area (Å²) in [5.41, 5.74) is 0. The average molecular weight is 200 g/mol. The van der Waals surface area contributed by atoms with Crippen LogP contribution < -0.4 is 10.6 Å². The molecule has 4 heteroatoms. The Kier molecular flexibility index (Phi) is 3.11. The molecule has 0 spiro atoms. The normalized spacial score (nSPS) is 33.7. The number of carbonyl (C=O) groups excluding carboxylic acids is 1. The molecule has 2 aliphatic heterocycles. The van der Waals surface area contributed by atoms with Gasteiger partial charge in [-0.1, -0.05) is 0 Å². The molecular weight excluding hydrogens is 184 g/mol. The highest BCUT2D eigenvalue weighted by Gasteiger charge is 2.22. The van der Waals surface area contributed by atoms with Crippen molar-refractivity contribution in [3.8, 4) is 0 Å². The van der Waals surface area contributed by atoms with Crippen LogP contribution in [-0.4, -0.2) is 36.5 Å². The van der Waals surface area contributed by atoms with Crippen LogP contribution in [0.2, 0.25) is 0 Å². The van der Waals surface area contributed by atoms with Crippen molar-refractivity contribution < 1.29 is 4.79 Å². The minimum atomic E-state index is 0.193. The Morgan fingerprint density at radius 1 is 1.62 bits per heavy atom. The first-order valence-corrected chi connectivity index (χ1v) is 6.08. The summed E-state index contributed by atoms with van der Waals surface area (Å²) in [6.07, 6.45) is 2.01. The molecule has 2 rings (SSSR count). The van der Waals surface area contributed by atoms with Crippen LogP contribution in [0.5, 0.6) is 0 Å². The van der Waals surface area contributed by atoms with Crippen LogP contribution in [0.4, 0.5) is 0 Å². The van der Waals surface area contributed by atoms with E-state index in [0.717, 1.165) is 19.0 Å². The van der Waals surface area contributed by atoms with Crippen LogP contribution in [0.25, 0.3) is 0 Å². The first-order chi connectivity index (χ1) is 6.34. The lowest BCUT2D eigenvalue weighted by Crippen LogP contribution is -2.34. The third kappa shape index (κ3) is 2.61. The molecule has 2 saturated heterocycles. The second kappa shape index (κ2) is 4.33. The molecule has 2 N–H and O–H groups in total. The van der Waals surface area contributed by atoms with E-state index in [9.17, 15) is 4.79 Å². The van der Waals surface area contributed by atoms with Gasteiger partial charge in [-0.3, -0.25) is 4.79 Å². The fourth-order valence-electron chi connectivity index (χ4n) is 1.83. The number of hydrogen-bond acceptors (Lipinski definition) is 3. The van der Waals surface area contributed by atoms with Crippen molar-refractivity contribution in [2.24, 2.45) is 5.92 Å². The molecule has 2 heterocycles. The molecule has 74 valence electrons. The molecule has 2 unspecified atom stereocenters. The van der Waals surface area contributed by atoms with E-state index >= 15 is 0 Å². The van der Waals surface area contributed by atoms with E-state index in [-0.39, 0.29) is 5.91 Å². The predicted molar refractivity (Wildman–Crippen MR) is 54.8 cm³/mol. The highest BCUT2D eigenvalue weighted by molar-refractivity contribution is 7.99. The Morgan fingerprint density at radius 3 is 3.15 bits per heavy atom. The van der Waals surface area contributed by atoms with Crippen molar-refractivity contribution in [3.63, 3.8) is 0 Å². The fourth-order valence-corrected chi connectivity index (χ4v) is 3.11. The molecule has 0 aliphatic carbocycles. The van der Waals surface area contributed by atoms with E-state index in [1.807, 2.05) is 11.8 Å². The summed E-state index contributed by atoms with van der Waals surface area (Å²) < 4.78 is 0. The maximum atomic E-state index is 10.9. The van der Waals surface area contributed by atoms with Crippen molar-refractivity contribution >= 4 is 17.7 Å². The van der Waals surface area contributed by atoms with E-state index in [2.05, 4.69) is 10.6 Å². The van der Waals surface area contributed by atoms with Gasteiger partial charge in [0.15, 0.2) is 0 Å². The third-order valence-electron chi connectivity index (χ3n) is 2.70. The number of thioether (sulfide) groups is 1. The summed E-state index contributed by atoms with van der Waals surface area (Å²) in [6.45, 7) is 1.91. The van der Waals surface area contributed by atoms with Gasteiger partial charge in [-0.25, -0.2) is 0 Å². The van der Waals surface area contributed by atoms with Crippen molar-refractivity contribution in [2.45, 2.75) is 18.9 Å². The molecule has 2 fully saturated rings. The molecule has 0 bridgehead atoms. The molecule has 0 radical (unpaired) electrons. The van der Waals surface area contributed by atoms with Gasteiger partial charge < -0.3 is 10.6 Å². The minimum Gasteiger partial charge on any atom is -0.354 e. The van der Waals surface area contributed by atoms with Gasteiger partial charge in [-0.05, 0) is 30.4 Å². The zero-order chi connectivity index (χ0) is 9.10. The monoisotopic (exact) mass is 200 g/mol. The zero-order valence-electron chi connectivity index (χ0n) is 7.71. The summed E-state index contributed by atoms with van der Waals surface area (Å²) in [5, 5.41) is 6.30. The molecule has 0 aromatic carbocycles. The molecule has 2 atom stereocenters. The van der Waals surface area contributed by atoms with Gasteiger partial charge in [0.05, 0.1) is 0 Å². The molecular formula is C9H16N2OS. The minimum absolute atomic E-state index is 0.193. The lowest BCUT2D eigenvalue weighted by atomic mass is 10.1. The second-order valence-corrected chi connectivity index (χ2v) is 4.99. The maximum absolute atomic E-state index is 10.9. The molecule has 0 aromatic rings. The quantitative estimate of drug-likeness (QED) is 0.684. The van der Waals surface area contributed by atoms with Gasteiger partial charge in [0.2, 0.25) is 5.91 Å². The van der Waals surface area contributed by atoms with Crippen molar-refractivity contribution in [2.75, 3.05) is 24.6 Å². The Hall–Kier alpha value is -0.220. The molecule has 0 saturated carbocycles. The summed E-state index contributed by atoms with van der Waals surface area (Å²) in [6, 6.07) is 0.387. The first-order valence-electron chi connectivity index (χ1n) is 4.92. The standard InChI is InChI=1S/C9H16N2OS/c12-9-3-8(5-11-9)10-4-7-1-2-13-6-7/h7-8,10H,1-6H2,(H,11,12). The van der Waals surface area contributed by atoms with Crippen LogP contribution in [-0.2, 0) is 4.79 Å². The average Bonchev–Trinajstić information content (AvgIpc) is 2.71. The van der Waals surface area contributed by atoms with Crippen LogP contribution in [0.15, 0.2) is 0 Å². The Labute approximate surface area is 83.0 Å². The number of amides is 1. The summed E-state index contributed by atoms with van der Waals surface area (Å²) in [5.74, 6) is 3.63. The zero-order valence-corrected chi connectivity index (χ0v) is 8.53. The van der Waals surface area contributed by atoms with Crippen molar-refractivity contribution in [3.05, 3.63) is 0 Å². The van der Waals surface area contributed by atoms with Gasteiger partial charge >= 0.3 is 0 Å². The van der Waals surface area contributed by atoms with Gasteiger partial charge in [-0.15, -0.1) is 0 Å². The SMILES string of the molecule is O=C1CC(NCC2CCSC2)CN1. The second-order valence-electron chi connectivity index (χ2n) is 3.84. The fraction of sp³-hybridized carbons (Fsp3) is 0.889. The molecule has 13 heavy (non-hydrogen) atoms. The van der Waals surface area contributed by atoms with E-state index in [1.165, 1.54) is 17.9 Å². The summed E-state index contributed by atoms with van der Waals surface area (Å²) in [4.78, 5) is 10.9. The van der Waals surface area contributed by atoms with Crippen molar-refractivity contribution in [1.29, 1.82) is 0 Å². The van der Waals surface area contributed by atoms with E-state index in [1.54, 1.807) is 0 Å². The Morgan fingerprint density at radius 2 is 2.54 bits per heavy atom.